The van der Waals surface area contributed by atoms with E-state index in [0.717, 1.165) is 76.6 Å². The molecule has 3 aromatic rings. The summed E-state index contributed by atoms with van der Waals surface area (Å²) in [5, 5.41) is 25.1. The van der Waals surface area contributed by atoms with E-state index in [1.807, 2.05) is 12.4 Å². The van der Waals surface area contributed by atoms with Crippen LogP contribution in [0, 0.1) is 23.2 Å². The van der Waals surface area contributed by atoms with Crippen LogP contribution in [0.4, 0.5) is 5.69 Å². The van der Waals surface area contributed by atoms with Crippen LogP contribution >= 0.6 is 11.3 Å². The first-order chi connectivity index (χ1) is 14.7. The molecule has 154 valence electrons. The summed E-state index contributed by atoms with van der Waals surface area (Å²) in [5.74, 6) is 1.34. The first-order valence-corrected chi connectivity index (χ1v) is 11.5. The van der Waals surface area contributed by atoms with Crippen LogP contribution in [0.15, 0.2) is 18.5 Å². The molecule has 2 aliphatic carbocycles. The summed E-state index contributed by atoms with van der Waals surface area (Å²) < 4.78 is 0. The third-order valence-corrected chi connectivity index (χ3v) is 8.20. The SMILES string of the molecule is N#CCN1C[C@H]2CC(Nc3c(-c4nc5c(s4)C(O)CC5)cnc4[nH]ccc34)C[C@H]2C1. The molecule has 2 unspecified atom stereocenters. The van der Waals surface area contributed by atoms with Crippen molar-refractivity contribution in [2.24, 2.45) is 11.8 Å². The molecule has 30 heavy (non-hydrogen) atoms. The lowest BCUT2D eigenvalue weighted by molar-refractivity contribution is 0.183. The van der Waals surface area contributed by atoms with Crippen LogP contribution < -0.4 is 5.32 Å². The molecule has 1 aliphatic heterocycles. The highest BCUT2D eigenvalue weighted by Gasteiger charge is 2.41. The van der Waals surface area contributed by atoms with Crippen molar-refractivity contribution >= 4 is 28.1 Å². The molecular weight excluding hydrogens is 396 g/mol. The van der Waals surface area contributed by atoms with Gasteiger partial charge >= 0.3 is 0 Å². The van der Waals surface area contributed by atoms with Gasteiger partial charge in [0.15, 0.2) is 0 Å². The summed E-state index contributed by atoms with van der Waals surface area (Å²) in [6.07, 6.45) is 7.36. The lowest BCUT2D eigenvalue weighted by Gasteiger charge is -2.20. The fourth-order valence-electron chi connectivity index (χ4n) is 5.60. The van der Waals surface area contributed by atoms with E-state index in [1.165, 1.54) is 0 Å². The third-order valence-electron chi connectivity index (χ3n) is 6.97. The molecule has 0 amide bonds. The molecule has 1 saturated carbocycles. The molecule has 6 rings (SSSR count). The fourth-order valence-corrected chi connectivity index (χ4v) is 6.74. The number of pyridine rings is 1. The van der Waals surface area contributed by atoms with Crippen molar-refractivity contribution in [1.82, 2.24) is 19.9 Å². The normalized spacial score (nSPS) is 28.0. The zero-order valence-corrected chi connectivity index (χ0v) is 17.5. The van der Waals surface area contributed by atoms with Gasteiger partial charge in [0, 0.05) is 36.9 Å². The van der Waals surface area contributed by atoms with E-state index < -0.39 is 0 Å². The summed E-state index contributed by atoms with van der Waals surface area (Å²) in [4.78, 5) is 16.0. The molecule has 4 heterocycles. The Morgan fingerprint density at radius 2 is 2.17 bits per heavy atom. The van der Waals surface area contributed by atoms with Crippen LogP contribution in [0.5, 0.6) is 0 Å². The van der Waals surface area contributed by atoms with Crippen molar-refractivity contribution in [2.75, 3.05) is 25.0 Å². The third kappa shape index (κ3) is 2.92. The Hall–Kier alpha value is -2.47. The van der Waals surface area contributed by atoms with Gasteiger partial charge in [-0.05, 0) is 43.6 Å². The average molecular weight is 421 g/mol. The number of aromatic nitrogens is 3. The summed E-state index contributed by atoms with van der Waals surface area (Å²) >= 11 is 1.60. The summed E-state index contributed by atoms with van der Waals surface area (Å²) in [5.41, 5.74) is 4.04. The van der Waals surface area contributed by atoms with Gasteiger partial charge in [-0.2, -0.15) is 5.26 Å². The van der Waals surface area contributed by atoms with E-state index in [1.54, 1.807) is 11.3 Å². The molecule has 0 spiro atoms. The number of nitriles is 1. The Labute approximate surface area is 178 Å². The van der Waals surface area contributed by atoms with Crippen molar-refractivity contribution in [3.8, 4) is 16.6 Å². The highest BCUT2D eigenvalue weighted by molar-refractivity contribution is 7.15. The Morgan fingerprint density at radius 3 is 2.93 bits per heavy atom. The highest BCUT2D eigenvalue weighted by atomic mass is 32.1. The lowest BCUT2D eigenvalue weighted by atomic mass is 10.0. The number of aromatic amines is 1. The summed E-state index contributed by atoms with van der Waals surface area (Å²) in [7, 11) is 0. The zero-order valence-electron chi connectivity index (χ0n) is 16.6. The summed E-state index contributed by atoms with van der Waals surface area (Å²) in [6.45, 7) is 2.62. The molecular formula is C22H24N6OS. The number of aliphatic hydroxyl groups is 1. The van der Waals surface area contributed by atoms with Gasteiger partial charge in [-0.1, -0.05) is 0 Å². The minimum Gasteiger partial charge on any atom is -0.387 e. The zero-order chi connectivity index (χ0) is 20.2. The molecule has 2 fully saturated rings. The van der Waals surface area contributed by atoms with Crippen LogP contribution in [0.1, 0.15) is 35.9 Å². The standard InChI is InChI=1S/C22H24N6OS/c23-4-6-28-10-12-7-14(8-13(12)11-28)26-19-15-3-5-24-21(15)25-9-16(19)22-27-17-1-2-18(29)20(17)30-22/h3,5,9,12-14,18,29H,1-2,6-8,10-11H2,(H2,24,25,26)/t12-,13+,14?,18?. The number of aliphatic hydroxyl groups excluding tert-OH is 1. The maximum atomic E-state index is 10.2. The number of fused-ring (bicyclic) bond motifs is 3. The molecule has 8 heteroatoms. The van der Waals surface area contributed by atoms with Crippen LogP contribution in [0.3, 0.4) is 0 Å². The van der Waals surface area contributed by atoms with Gasteiger partial charge in [0.25, 0.3) is 0 Å². The number of nitrogens with zero attached hydrogens (tertiary/aromatic N) is 4. The number of H-pyrrole nitrogens is 1. The lowest BCUT2D eigenvalue weighted by Crippen LogP contribution is -2.25. The van der Waals surface area contributed by atoms with Gasteiger partial charge in [0.05, 0.1) is 40.5 Å². The van der Waals surface area contributed by atoms with E-state index in [0.29, 0.717) is 24.4 Å². The van der Waals surface area contributed by atoms with Gasteiger partial charge in [-0.3, -0.25) is 4.90 Å². The quantitative estimate of drug-likeness (QED) is 0.560. The van der Waals surface area contributed by atoms with Crippen molar-refractivity contribution in [3.05, 3.63) is 29.0 Å². The van der Waals surface area contributed by atoms with Crippen molar-refractivity contribution < 1.29 is 5.11 Å². The van der Waals surface area contributed by atoms with E-state index in [9.17, 15) is 5.11 Å². The number of hydrogen-bond acceptors (Lipinski definition) is 7. The second kappa shape index (κ2) is 7.05. The van der Waals surface area contributed by atoms with Gasteiger partial charge < -0.3 is 15.4 Å². The predicted octanol–water partition coefficient (Wildman–Crippen LogP) is 3.31. The molecule has 0 bridgehead atoms. The van der Waals surface area contributed by atoms with Crippen LogP contribution in [-0.2, 0) is 6.42 Å². The van der Waals surface area contributed by atoms with Gasteiger partial charge in [-0.25, -0.2) is 9.97 Å². The second-order valence-corrected chi connectivity index (χ2v) is 9.89. The first kappa shape index (κ1) is 18.3. The monoisotopic (exact) mass is 420 g/mol. The van der Waals surface area contributed by atoms with Crippen LogP contribution in [-0.4, -0.2) is 50.6 Å². The summed E-state index contributed by atoms with van der Waals surface area (Å²) in [6, 6.07) is 4.78. The molecule has 3 aliphatic rings. The first-order valence-electron chi connectivity index (χ1n) is 10.7. The van der Waals surface area contributed by atoms with E-state index in [4.69, 9.17) is 10.2 Å². The van der Waals surface area contributed by atoms with E-state index >= 15 is 0 Å². The van der Waals surface area contributed by atoms with E-state index in [2.05, 4.69) is 32.3 Å². The Morgan fingerprint density at radius 1 is 1.33 bits per heavy atom. The van der Waals surface area contributed by atoms with Crippen LogP contribution in [0.2, 0.25) is 0 Å². The number of rotatable bonds is 4. The van der Waals surface area contributed by atoms with E-state index in [-0.39, 0.29) is 6.10 Å². The molecule has 3 N–H and O–H groups in total. The van der Waals surface area contributed by atoms with Gasteiger partial charge in [0.1, 0.15) is 10.7 Å². The Kier molecular flexibility index (Phi) is 4.30. The minimum absolute atomic E-state index is 0.378. The number of thiazole rings is 1. The molecule has 0 radical (unpaired) electrons. The average Bonchev–Trinajstić information content (AvgIpc) is 3.50. The molecule has 4 atom stereocenters. The number of anilines is 1. The number of aryl methyl sites for hydroxylation is 1. The highest BCUT2D eigenvalue weighted by Crippen LogP contribution is 2.44. The second-order valence-electron chi connectivity index (χ2n) is 8.86. The van der Waals surface area contributed by atoms with Crippen LogP contribution in [0.25, 0.3) is 21.6 Å². The topological polar surface area (TPSA) is 101 Å². The largest absolute Gasteiger partial charge is 0.387 e. The maximum absolute atomic E-state index is 10.2. The van der Waals surface area contributed by atoms with Crippen molar-refractivity contribution in [3.63, 3.8) is 0 Å². The predicted molar refractivity (Wildman–Crippen MR) is 116 cm³/mol. The molecule has 3 aromatic heterocycles. The minimum atomic E-state index is -0.378. The smallest absolute Gasteiger partial charge is 0.139 e. The van der Waals surface area contributed by atoms with Crippen molar-refractivity contribution in [2.45, 2.75) is 37.8 Å². The number of nitrogens with one attached hydrogen (secondary N) is 2. The Bertz CT molecular complexity index is 1130. The fraction of sp³-hybridized carbons (Fsp3) is 0.500. The van der Waals surface area contributed by atoms with Gasteiger partial charge in [-0.15, -0.1) is 11.3 Å². The Balaban J connectivity index is 1.31. The number of likely N-dealkylation sites (tertiary alicyclic amines) is 1. The van der Waals surface area contributed by atoms with Gasteiger partial charge in [0.2, 0.25) is 0 Å². The number of hydrogen-bond donors (Lipinski definition) is 3. The molecule has 7 nitrogen and oxygen atoms in total. The molecule has 0 aromatic carbocycles. The molecule has 1 saturated heterocycles. The van der Waals surface area contributed by atoms with Crippen molar-refractivity contribution in [1.29, 1.82) is 5.26 Å². The maximum Gasteiger partial charge on any atom is 0.139 e.